The van der Waals surface area contributed by atoms with Crippen molar-refractivity contribution >= 4 is 12.4 Å². The van der Waals surface area contributed by atoms with Crippen LogP contribution in [-0.2, 0) is 0 Å². The van der Waals surface area contributed by atoms with Crippen molar-refractivity contribution in [3.63, 3.8) is 0 Å². The number of aliphatic hydroxyl groups is 4. The van der Waals surface area contributed by atoms with Crippen LogP contribution in [0, 0.1) is 0 Å². The number of halogens is 1. The van der Waals surface area contributed by atoms with Gasteiger partial charge in [0.25, 0.3) is 0 Å². The van der Waals surface area contributed by atoms with Crippen LogP contribution in [0.3, 0.4) is 0 Å². The van der Waals surface area contributed by atoms with Gasteiger partial charge in [0.1, 0.15) is 0 Å². The molecule has 0 aromatic heterocycles. The fraction of sp³-hybridized carbons (Fsp3) is 1.00. The quantitative estimate of drug-likeness (QED) is 0.338. The number of hydrogen-bond donors (Lipinski definition) is 5. The second-order valence-corrected chi connectivity index (χ2v) is 2.73. The van der Waals surface area contributed by atoms with Crippen molar-refractivity contribution in [3.05, 3.63) is 0 Å². The minimum Gasteiger partial charge on any atom is -0.395 e. The highest BCUT2D eigenvalue weighted by Gasteiger charge is 2.39. The topological polar surface area (TPSA) is 93.0 Å². The number of rotatable bonds is 2. The molecule has 4 atom stereocenters. The zero-order chi connectivity index (χ0) is 8.43. The summed E-state index contributed by atoms with van der Waals surface area (Å²) in [4.78, 5) is 0. The van der Waals surface area contributed by atoms with Crippen molar-refractivity contribution in [1.82, 2.24) is 5.32 Å². The summed E-state index contributed by atoms with van der Waals surface area (Å²) in [6, 6.07) is -1.05. The molecule has 1 aliphatic heterocycles. The Balaban J connectivity index is 0.00000121. The van der Waals surface area contributed by atoms with Crippen molar-refractivity contribution in [2.45, 2.75) is 24.3 Å². The first-order valence-corrected chi connectivity index (χ1v) is 3.54. The van der Waals surface area contributed by atoms with E-state index in [4.69, 9.17) is 10.2 Å². The van der Waals surface area contributed by atoms with Crippen molar-refractivity contribution in [2.24, 2.45) is 0 Å². The highest BCUT2D eigenvalue weighted by Crippen LogP contribution is 2.13. The highest BCUT2D eigenvalue weighted by molar-refractivity contribution is 5.85. The summed E-state index contributed by atoms with van der Waals surface area (Å²) in [6.45, 7) is -0.483. The number of nitrogens with one attached hydrogen (secondary N) is 1. The van der Waals surface area contributed by atoms with Crippen LogP contribution in [-0.4, -0.2) is 57.9 Å². The summed E-state index contributed by atoms with van der Waals surface area (Å²) in [5.74, 6) is 0. The van der Waals surface area contributed by atoms with E-state index >= 15 is 0 Å². The second kappa shape index (κ2) is 4.96. The molecule has 0 aromatic carbocycles. The Kier molecular flexibility index (Phi) is 5.00. The molecule has 5 nitrogen and oxygen atoms in total. The largest absolute Gasteiger partial charge is 0.395 e. The van der Waals surface area contributed by atoms with Gasteiger partial charge in [-0.2, -0.15) is 0 Å². The zero-order valence-electron chi connectivity index (χ0n) is 6.42. The molecule has 0 radical (unpaired) electrons. The van der Waals surface area contributed by atoms with Gasteiger partial charge in [0, 0.05) is 0 Å². The summed E-state index contributed by atoms with van der Waals surface area (Å²) in [5, 5.41) is 38.3. The third kappa shape index (κ3) is 2.07. The second-order valence-electron chi connectivity index (χ2n) is 2.73. The molecule has 0 amide bonds. The Morgan fingerprint density at radius 2 is 1.25 bits per heavy atom. The van der Waals surface area contributed by atoms with Crippen molar-refractivity contribution in [3.8, 4) is 0 Å². The smallest absolute Gasteiger partial charge is 0.0990 e. The van der Waals surface area contributed by atoms with E-state index in [1.165, 1.54) is 0 Å². The lowest BCUT2D eigenvalue weighted by Gasteiger charge is -2.12. The predicted molar refractivity (Wildman–Crippen MR) is 44.1 cm³/mol. The maximum Gasteiger partial charge on any atom is 0.0990 e. The van der Waals surface area contributed by atoms with Crippen molar-refractivity contribution in [1.29, 1.82) is 0 Å². The molecule has 5 N–H and O–H groups in total. The average Bonchev–Trinajstić information content (AvgIpc) is 2.30. The van der Waals surface area contributed by atoms with Crippen LogP contribution in [0.15, 0.2) is 0 Å². The molecular formula is C6H14ClNO4. The third-order valence-corrected chi connectivity index (χ3v) is 2.00. The summed E-state index contributed by atoms with van der Waals surface area (Å²) in [7, 11) is 0. The molecule has 12 heavy (non-hydrogen) atoms. The molecule has 1 fully saturated rings. The van der Waals surface area contributed by atoms with Crippen LogP contribution >= 0.6 is 12.4 Å². The molecule has 0 unspecified atom stereocenters. The molecule has 0 aromatic rings. The van der Waals surface area contributed by atoms with Crippen LogP contribution in [0.2, 0.25) is 0 Å². The van der Waals surface area contributed by atoms with Crippen LogP contribution in [0.5, 0.6) is 0 Å². The van der Waals surface area contributed by atoms with Crippen molar-refractivity contribution in [2.75, 3.05) is 13.2 Å². The van der Waals surface area contributed by atoms with E-state index in [0.717, 1.165) is 0 Å². The van der Waals surface area contributed by atoms with E-state index in [-0.39, 0.29) is 25.6 Å². The minimum absolute atomic E-state index is 0. The molecule has 1 rings (SSSR count). The number of hydrogen-bond acceptors (Lipinski definition) is 5. The molecule has 74 valence electrons. The van der Waals surface area contributed by atoms with Gasteiger partial charge in [0.15, 0.2) is 0 Å². The molecule has 1 heterocycles. The highest BCUT2D eigenvalue weighted by atomic mass is 35.5. The summed E-state index contributed by atoms with van der Waals surface area (Å²) in [5.41, 5.74) is 0. The maximum atomic E-state index is 9.18. The van der Waals surface area contributed by atoms with Crippen LogP contribution < -0.4 is 5.32 Å². The van der Waals surface area contributed by atoms with Crippen LogP contribution in [0.25, 0.3) is 0 Å². The Hall–Kier alpha value is 0.0900. The van der Waals surface area contributed by atoms with Crippen molar-refractivity contribution < 1.29 is 20.4 Å². The van der Waals surface area contributed by atoms with E-state index in [1.807, 2.05) is 0 Å². The number of aliphatic hydroxyl groups excluding tert-OH is 4. The Labute approximate surface area is 76.4 Å². The average molecular weight is 200 g/mol. The SMILES string of the molecule is Cl.OC[C@H]1N[C@H](CO)[C@@H](O)[C@H]1O. The molecule has 1 saturated heterocycles. The Morgan fingerprint density at radius 1 is 0.917 bits per heavy atom. The first-order valence-electron chi connectivity index (χ1n) is 3.54. The van der Waals surface area contributed by atoms with Gasteiger partial charge < -0.3 is 25.7 Å². The Bertz CT molecular complexity index is 119. The Morgan fingerprint density at radius 3 is 1.42 bits per heavy atom. The standard InChI is InChI=1S/C6H13NO4.ClH/c8-1-3-5(10)6(11)4(2-9)7-3;/h3-11H,1-2H2;1H/t3-,4-,5-,6+;/m1./s1. The van der Waals surface area contributed by atoms with Gasteiger partial charge in [-0.1, -0.05) is 0 Å². The molecular weight excluding hydrogens is 186 g/mol. The zero-order valence-corrected chi connectivity index (χ0v) is 7.24. The van der Waals surface area contributed by atoms with Gasteiger partial charge in [-0.25, -0.2) is 0 Å². The fourth-order valence-corrected chi connectivity index (χ4v) is 1.27. The molecule has 0 saturated carbocycles. The van der Waals surface area contributed by atoms with Gasteiger partial charge in [-0.05, 0) is 0 Å². The lowest BCUT2D eigenvalue weighted by atomic mass is 10.1. The summed E-state index contributed by atoms with van der Waals surface area (Å²) >= 11 is 0. The lowest BCUT2D eigenvalue weighted by Crippen LogP contribution is -2.37. The molecule has 1 aliphatic rings. The van der Waals surface area contributed by atoms with E-state index in [2.05, 4.69) is 5.32 Å². The van der Waals surface area contributed by atoms with E-state index < -0.39 is 24.3 Å². The van der Waals surface area contributed by atoms with Gasteiger partial charge in [0.05, 0.1) is 37.5 Å². The maximum absolute atomic E-state index is 9.18. The normalized spacial score (nSPS) is 41.0. The minimum atomic E-state index is -0.989. The van der Waals surface area contributed by atoms with Crippen LogP contribution in [0.4, 0.5) is 0 Å². The predicted octanol–water partition coefficient (Wildman–Crippen LogP) is -2.54. The first kappa shape index (κ1) is 12.1. The summed E-state index contributed by atoms with van der Waals surface area (Å²) in [6.07, 6.45) is -1.98. The molecule has 6 heteroatoms. The van der Waals surface area contributed by atoms with Gasteiger partial charge >= 0.3 is 0 Å². The van der Waals surface area contributed by atoms with E-state index in [1.54, 1.807) is 0 Å². The molecule has 0 bridgehead atoms. The molecule has 0 spiro atoms. The van der Waals surface area contributed by atoms with Gasteiger partial charge in [0.2, 0.25) is 0 Å². The van der Waals surface area contributed by atoms with E-state index in [9.17, 15) is 10.2 Å². The fourth-order valence-electron chi connectivity index (χ4n) is 1.27. The first-order chi connectivity index (χ1) is 5.20. The monoisotopic (exact) mass is 199 g/mol. The van der Waals surface area contributed by atoms with Gasteiger partial charge in [-0.15, -0.1) is 12.4 Å². The summed E-state index contributed by atoms with van der Waals surface area (Å²) < 4.78 is 0. The van der Waals surface area contributed by atoms with E-state index in [0.29, 0.717) is 0 Å². The molecule has 0 aliphatic carbocycles. The third-order valence-electron chi connectivity index (χ3n) is 2.00. The van der Waals surface area contributed by atoms with Gasteiger partial charge in [-0.3, -0.25) is 0 Å². The van der Waals surface area contributed by atoms with Crippen LogP contribution in [0.1, 0.15) is 0 Å². The lowest BCUT2D eigenvalue weighted by molar-refractivity contribution is 0.0130.